The van der Waals surface area contributed by atoms with Gasteiger partial charge in [0.25, 0.3) is 0 Å². The van der Waals surface area contributed by atoms with Crippen LogP contribution in [-0.2, 0) is 17.7 Å². The Morgan fingerprint density at radius 1 is 0.681 bits per heavy atom. The van der Waals surface area contributed by atoms with Gasteiger partial charge in [-0.3, -0.25) is 0 Å². The second-order valence-corrected chi connectivity index (χ2v) is 12.2. The number of rotatable bonds is 12. The highest BCUT2D eigenvalue weighted by Gasteiger charge is 2.36. The van der Waals surface area contributed by atoms with E-state index in [1.54, 1.807) is 21.3 Å². The van der Waals surface area contributed by atoms with Gasteiger partial charge in [0.1, 0.15) is 11.4 Å². The minimum atomic E-state index is -0.470. The topological polar surface area (TPSA) is 86.6 Å². The minimum Gasteiger partial charge on any atom is -0.493 e. The second-order valence-electron chi connectivity index (χ2n) is 12.2. The zero-order valence-electron chi connectivity index (χ0n) is 29.0. The van der Waals surface area contributed by atoms with Gasteiger partial charge < -0.3 is 37.7 Å². The quantitative estimate of drug-likeness (QED) is 0.143. The van der Waals surface area contributed by atoms with E-state index < -0.39 is 5.97 Å². The highest BCUT2D eigenvalue weighted by molar-refractivity contribution is 6.08. The summed E-state index contributed by atoms with van der Waals surface area (Å²) >= 11 is 0. The molecule has 0 amide bonds. The first kappa shape index (κ1) is 33.6. The molecule has 0 spiro atoms. The third-order valence-corrected chi connectivity index (χ3v) is 7.87. The number of esters is 1. The molecule has 250 valence electrons. The van der Waals surface area contributed by atoms with Crippen molar-refractivity contribution in [1.29, 1.82) is 0 Å². The van der Waals surface area contributed by atoms with E-state index in [-0.39, 0.29) is 18.3 Å². The molecule has 4 aromatic rings. The third-order valence-electron chi connectivity index (χ3n) is 7.87. The number of benzene rings is 3. The minimum absolute atomic E-state index is 0.0282. The Balaban J connectivity index is 1.96. The largest absolute Gasteiger partial charge is 0.493 e. The lowest BCUT2D eigenvalue weighted by Gasteiger charge is -2.24. The second kappa shape index (κ2) is 13.9. The first-order valence-electron chi connectivity index (χ1n) is 15.9. The number of ether oxygens (including phenoxy) is 7. The van der Waals surface area contributed by atoms with Crippen molar-refractivity contribution in [1.82, 2.24) is 4.57 Å². The van der Waals surface area contributed by atoms with Crippen molar-refractivity contribution >= 4 is 5.97 Å². The lowest BCUT2D eigenvalue weighted by atomic mass is 9.89. The Morgan fingerprint density at radius 3 is 2.00 bits per heavy atom. The molecule has 3 aromatic carbocycles. The fraction of sp³-hybridized carbons (Fsp3) is 0.395. The molecule has 0 fully saturated rings. The molecule has 0 unspecified atom stereocenters. The van der Waals surface area contributed by atoms with Gasteiger partial charge in [0.15, 0.2) is 23.0 Å². The molecule has 0 saturated heterocycles. The maximum absolute atomic E-state index is 13.9. The predicted octanol–water partition coefficient (Wildman–Crippen LogP) is 8.22. The van der Waals surface area contributed by atoms with Gasteiger partial charge in [-0.1, -0.05) is 12.1 Å². The van der Waals surface area contributed by atoms with Crippen LogP contribution in [0.15, 0.2) is 48.5 Å². The maximum Gasteiger partial charge on any atom is 0.355 e. The number of hydrogen-bond donors (Lipinski definition) is 0. The normalized spacial score (nSPS) is 12.1. The predicted molar refractivity (Wildman–Crippen MR) is 183 cm³/mol. The summed E-state index contributed by atoms with van der Waals surface area (Å²) in [6, 6.07) is 15.7. The van der Waals surface area contributed by atoms with E-state index in [4.69, 9.17) is 33.2 Å². The van der Waals surface area contributed by atoms with Crippen molar-refractivity contribution in [2.45, 2.75) is 72.8 Å². The van der Waals surface area contributed by atoms with Crippen molar-refractivity contribution in [3.63, 3.8) is 0 Å². The molecule has 9 nitrogen and oxygen atoms in total. The number of hydrogen-bond acceptors (Lipinski definition) is 8. The molecule has 0 N–H and O–H groups in total. The first-order valence-corrected chi connectivity index (χ1v) is 15.9. The summed E-state index contributed by atoms with van der Waals surface area (Å²) in [5, 5.41) is 0. The first-order chi connectivity index (χ1) is 22.5. The number of nitrogens with zero attached hydrogens (tertiary/aromatic N) is 1. The van der Waals surface area contributed by atoms with Gasteiger partial charge in [-0.15, -0.1) is 0 Å². The molecule has 9 heteroatoms. The molecular formula is C38H45NO8. The Bertz CT molecular complexity index is 1770. The van der Waals surface area contributed by atoms with Gasteiger partial charge in [-0.2, -0.15) is 0 Å². The van der Waals surface area contributed by atoms with Crippen molar-refractivity contribution < 1.29 is 38.0 Å². The lowest BCUT2D eigenvalue weighted by Crippen LogP contribution is -2.18. The summed E-state index contributed by atoms with van der Waals surface area (Å²) in [6.45, 7) is 12.4. The molecule has 47 heavy (non-hydrogen) atoms. The van der Waals surface area contributed by atoms with Gasteiger partial charge in [-0.25, -0.2) is 4.79 Å². The van der Waals surface area contributed by atoms with Crippen LogP contribution in [-0.4, -0.2) is 57.3 Å². The van der Waals surface area contributed by atoms with Crippen LogP contribution in [0.2, 0.25) is 0 Å². The average Bonchev–Trinajstić information content (AvgIpc) is 3.38. The summed E-state index contributed by atoms with van der Waals surface area (Å²) in [5.41, 5.74) is 6.26. The van der Waals surface area contributed by atoms with Crippen LogP contribution in [0.4, 0.5) is 0 Å². The molecule has 0 bridgehead atoms. The zero-order chi connectivity index (χ0) is 34.0. The van der Waals surface area contributed by atoms with E-state index in [9.17, 15) is 4.79 Å². The zero-order valence-corrected chi connectivity index (χ0v) is 29.0. The van der Waals surface area contributed by atoms with Crippen LogP contribution < -0.4 is 28.4 Å². The molecule has 0 aliphatic carbocycles. The third kappa shape index (κ3) is 6.44. The number of aromatic nitrogens is 1. The van der Waals surface area contributed by atoms with Gasteiger partial charge in [0.2, 0.25) is 5.75 Å². The summed E-state index contributed by atoms with van der Waals surface area (Å²) in [5.74, 6) is 2.92. The fourth-order valence-electron chi connectivity index (χ4n) is 6.19. The number of carbonyl (C=O) groups excluding carboxylic acids is 1. The average molecular weight is 644 g/mol. The number of methoxy groups -OCH3 is 4. The Hall–Kier alpha value is -4.79. The van der Waals surface area contributed by atoms with Gasteiger partial charge in [0, 0.05) is 28.8 Å². The van der Waals surface area contributed by atoms with Crippen LogP contribution in [0.1, 0.15) is 57.6 Å². The lowest BCUT2D eigenvalue weighted by molar-refractivity contribution is 0.0589. The van der Waals surface area contributed by atoms with Crippen LogP contribution >= 0.6 is 0 Å². The van der Waals surface area contributed by atoms with Gasteiger partial charge in [-0.05, 0) is 95.5 Å². The van der Waals surface area contributed by atoms with E-state index in [0.717, 1.165) is 27.9 Å². The summed E-state index contributed by atoms with van der Waals surface area (Å²) in [7, 11) is 6.20. The fourth-order valence-corrected chi connectivity index (χ4v) is 6.19. The number of fused-ring (bicyclic) bond motifs is 3. The van der Waals surface area contributed by atoms with Crippen molar-refractivity contribution in [3.05, 3.63) is 59.8 Å². The maximum atomic E-state index is 13.9. The van der Waals surface area contributed by atoms with Crippen LogP contribution in [0.3, 0.4) is 0 Å². The molecule has 1 aromatic heterocycles. The SMILES string of the molecule is COC(=O)c1c(-c2ccc(OC)c(OC)c2OC(C)C)c(-c2cccc(OC(C)C)c2)c2n1CCc1cc(OC(C)C)c(OC)cc1-2. The molecule has 0 atom stereocenters. The van der Waals surface area contributed by atoms with Gasteiger partial charge >= 0.3 is 5.97 Å². The Kier molecular flexibility index (Phi) is 9.94. The van der Waals surface area contributed by atoms with Crippen LogP contribution in [0.25, 0.3) is 33.5 Å². The summed E-state index contributed by atoms with van der Waals surface area (Å²) < 4.78 is 43.7. The number of carbonyl (C=O) groups is 1. The number of aryl methyl sites for hydroxylation is 1. The summed E-state index contributed by atoms with van der Waals surface area (Å²) in [6.07, 6.45) is 0.398. The van der Waals surface area contributed by atoms with Crippen molar-refractivity contribution in [2.24, 2.45) is 0 Å². The van der Waals surface area contributed by atoms with E-state index >= 15 is 0 Å². The molecule has 2 heterocycles. The van der Waals surface area contributed by atoms with Crippen molar-refractivity contribution in [2.75, 3.05) is 28.4 Å². The standard InChI is InChI=1S/C38H45NO8/c1-21(2)45-26-13-11-12-25(18-26)32-33(27-14-15-29(41-7)37(43-9)36(27)47-23(5)6)35(38(40)44-10)39-17-16-24-19-31(46-22(3)4)30(42-8)20-28(24)34(32)39/h11-15,18-23H,16-17H2,1-10H3. The molecule has 5 rings (SSSR count). The Labute approximate surface area is 277 Å². The van der Waals surface area contributed by atoms with Crippen LogP contribution in [0.5, 0.6) is 34.5 Å². The van der Waals surface area contributed by atoms with Crippen LogP contribution in [0, 0.1) is 0 Å². The monoisotopic (exact) mass is 643 g/mol. The highest BCUT2D eigenvalue weighted by Crippen LogP contribution is 2.54. The van der Waals surface area contributed by atoms with E-state index in [0.29, 0.717) is 64.3 Å². The molecular weight excluding hydrogens is 598 g/mol. The Morgan fingerprint density at radius 2 is 1.38 bits per heavy atom. The van der Waals surface area contributed by atoms with Crippen molar-refractivity contribution in [3.8, 4) is 68.0 Å². The van der Waals surface area contributed by atoms with Gasteiger partial charge in [0.05, 0.1) is 52.4 Å². The van der Waals surface area contributed by atoms with E-state index in [1.165, 1.54) is 7.11 Å². The highest BCUT2D eigenvalue weighted by atomic mass is 16.5. The van der Waals surface area contributed by atoms with E-state index in [2.05, 4.69) is 0 Å². The molecule has 0 radical (unpaired) electrons. The molecule has 1 aliphatic rings. The molecule has 0 saturated carbocycles. The summed E-state index contributed by atoms with van der Waals surface area (Å²) in [4.78, 5) is 13.9. The van der Waals surface area contributed by atoms with E-state index in [1.807, 2.05) is 94.6 Å². The smallest absolute Gasteiger partial charge is 0.355 e. The molecule has 1 aliphatic heterocycles.